The molecule has 0 aliphatic rings. The highest BCUT2D eigenvalue weighted by molar-refractivity contribution is 5.93. The van der Waals surface area contributed by atoms with Crippen molar-refractivity contribution in [3.63, 3.8) is 0 Å². The van der Waals surface area contributed by atoms with Gasteiger partial charge in [-0.15, -0.1) is 0 Å². The summed E-state index contributed by atoms with van der Waals surface area (Å²) < 4.78 is 17.7. The zero-order valence-electron chi connectivity index (χ0n) is 14.6. The van der Waals surface area contributed by atoms with Crippen molar-refractivity contribution >= 4 is 23.7 Å². The van der Waals surface area contributed by atoms with Gasteiger partial charge in [0.2, 0.25) is 17.7 Å². The van der Waals surface area contributed by atoms with Crippen molar-refractivity contribution < 1.29 is 28.3 Å². The Balaban J connectivity index is 2.85. The SMILES string of the molecule is CCOC(=O)C[C@H](NC(=O)[C@H](Cc1ccc(F)cc1)NC(C)=O)C(N)=O. The van der Waals surface area contributed by atoms with Crippen molar-refractivity contribution in [2.75, 3.05) is 6.61 Å². The molecular formula is C17H22FN3O5. The third kappa shape index (κ3) is 7.29. The van der Waals surface area contributed by atoms with Crippen LogP contribution in [-0.2, 0) is 30.3 Å². The first kappa shape index (κ1) is 21.1. The molecule has 0 radical (unpaired) electrons. The Bertz CT molecular complexity index is 663. The summed E-state index contributed by atoms with van der Waals surface area (Å²) in [7, 11) is 0. The largest absolute Gasteiger partial charge is 0.466 e. The molecule has 1 rings (SSSR count). The van der Waals surface area contributed by atoms with Crippen LogP contribution in [0.25, 0.3) is 0 Å². The summed E-state index contributed by atoms with van der Waals surface area (Å²) in [6, 6.07) is 3.10. The monoisotopic (exact) mass is 367 g/mol. The zero-order chi connectivity index (χ0) is 19.7. The fourth-order valence-electron chi connectivity index (χ4n) is 2.19. The van der Waals surface area contributed by atoms with Crippen molar-refractivity contribution in [2.45, 2.75) is 38.8 Å². The maximum absolute atomic E-state index is 13.0. The summed E-state index contributed by atoms with van der Waals surface area (Å²) in [6.45, 7) is 2.96. The third-order valence-electron chi connectivity index (χ3n) is 3.38. The second kappa shape index (κ2) is 10.1. The number of carbonyl (C=O) groups is 4. The number of nitrogens with one attached hydrogen (secondary N) is 2. The van der Waals surface area contributed by atoms with E-state index in [1.165, 1.54) is 31.2 Å². The summed E-state index contributed by atoms with van der Waals surface area (Å²) in [5.74, 6) is -3.19. The van der Waals surface area contributed by atoms with Crippen LogP contribution in [0.3, 0.4) is 0 Å². The van der Waals surface area contributed by atoms with Crippen LogP contribution in [0, 0.1) is 5.82 Å². The predicted octanol–water partition coefficient (Wildman–Crippen LogP) is -0.204. The molecule has 0 heterocycles. The maximum Gasteiger partial charge on any atom is 0.308 e. The van der Waals surface area contributed by atoms with Crippen LogP contribution < -0.4 is 16.4 Å². The molecule has 0 aliphatic carbocycles. The lowest BCUT2D eigenvalue weighted by Crippen LogP contribution is -2.54. The Morgan fingerprint density at radius 2 is 1.73 bits per heavy atom. The lowest BCUT2D eigenvalue weighted by atomic mass is 10.0. The van der Waals surface area contributed by atoms with Gasteiger partial charge in [0.05, 0.1) is 13.0 Å². The quantitative estimate of drug-likeness (QED) is 0.521. The van der Waals surface area contributed by atoms with E-state index < -0.39 is 48.0 Å². The molecule has 0 unspecified atom stereocenters. The Morgan fingerprint density at radius 1 is 1.12 bits per heavy atom. The van der Waals surface area contributed by atoms with Crippen LogP contribution in [0.5, 0.6) is 0 Å². The minimum atomic E-state index is -1.27. The van der Waals surface area contributed by atoms with E-state index in [0.29, 0.717) is 5.56 Å². The number of amides is 3. The van der Waals surface area contributed by atoms with Gasteiger partial charge in [-0.05, 0) is 24.6 Å². The van der Waals surface area contributed by atoms with Crippen LogP contribution >= 0.6 is 0 Å². The molecule has 2 atom stereocenters. The number of hydrogen-bond donors (Lipinski definition) is 3. The molecule has 4 N–H and O–H groups in total. The average molecular weight is 367 g/mol. The number of esters is 1. The Hall–Kier alpha value is -2.97. The molecule has 8 nitrogen and oxygen atoms in total. The minimum absolute atomic E-state index is 0.0661. The van der Waals surface area contributed by atoms with Gasteiger partial charge in [0.25, 0.3) is 0 Å². The van der Waals surface area contributed by atoms with E-state index in [1.54, 1.807) is 6.92 Å². The minimum Gasteiger partial charge on any atom is -0.466 e. The van der Waals surface area contributed by atoms with Crippen LogP contribution in [0.15, 0.2) is 24.3 Å². The highest BCUT2D eigenvalue weighted by atomic mass is 19.1. The maximum atomic E-state index is 13.0. The molecule has 0 aromatic heterocycles. The van der Waals surface area contributed by atoms with Crippen LogP contribution in [0.2, 0.25) is 0 Å². The fourth-order valence-corrected chi connectivity index (χ4v) is 2.19. The van der Waals surface area contributed by atoms with Crippen molar-refractivity contribution in [1.82, 2.24) is 10.6 Å². The average Bonchev–Trinajstić information content (AvgIpc) is 2.55. The number of rotatable bonds is 9. The number of benzene rings is 1. The molecule has 26 heavy (non-hydrogen) atoms. The molecule has 0 aliphatic heterocycles. The molecule has 0 saturated carbocycles. The standard InChI is InChI=1S/C17H22FN3O5/c1-3-26-15(23)9-13(16(19)24)21-17(25)14(20-10(2)22)8-11-4-6-12(18)7-5-11/h4-7,13-14H,3,8-9H2,1-2H3,(H2,19,24)(H,20,22)(H,21,25)/t13-,14-/m0/s1. The van der Waals surface area contributed by atoms with Gasteiger partial charge in [0.15, 0.2) is 0 Å². The van der Waals surface area contributed by atoms with Crippen LogP contribution in [-0.4, -0.2) is 42.4 Å². The third-order valence-corrected chi connectivity index (χ3v) is 3.38. The van der Waals surface area contributed by atoms with Gasteiger partial charge in [0.1, 0.15) is 17.9 Å². The van der Waals surface area contributed by atoms with Crippen molar-refractivity contribution in [3.8, 4) is 0 Å². The molecule has 142 valence electrons. The Kier molecular flexibility index (Phi) is 8.20. The number of ether oxygens (including phenoxy) is 1. The Labute approximate surface area is 150 Å². The smallest absolute Gasteiger partial charge is 0.308 e. The van der Waals surface area contributed by atoms with Crippen LogP contribution in [0.4, 0.5) is 4.39 Å². The summed E-state index contributed by atoms with van der Waals surface area (Å²) in [5.41, 5.74) is 5.81. The van der Waals surface area contributed by atoms with E-state index in [4.69, 9.17) is 10.5 Å². The van der Waals surface area contributed by atoms with E-state index in [2.05, 4.69) is 10.6 Å². The van der Waals surface area contributed by atoms with Gasteiger partial charge in [-0.2, -0.15) is 0 Å². The second-order valence-electron chi connectivity index (χ2n) is 5.56. The molecule has 1 aromatic carbocycles. The van der Waals surface area contributed by atoms with Gasteiger partial charge < -0.3 is 21.1 Å². The first-order valence-corrected chi connectivity index (χ1v) is 7.99. The lowest BCUT2D eigenvalue weighted by Gasteiger charge is -2.21. The first-order chi connectivity index (χ1) is 12.2. The van der Waals surface area contributed by atoms with E-state index >= 15 is 0 Å². The molecule has 0 spiro atoms. The molecule has 3 amide bonds. The molecule has 1 aromatic rings. The van der Waals surface area contributed by atoms with E-state index in [0.717, 1.165) is 0 Å². The van der Waals surface area contributed by atoms with Gasteiger partial charge in [-0.25, -0.2) is 4.39 Å². The topological polar surface area (TPSA) is 128 Å². The zero-order valence-corrected chi connectivity index (χ0v) is 14.6. The Morgan fingerprint density at radius 3 is 2.23 bits per heavy atom. The molecular weight excluding hydrogens is 345 g/mol. The number of halogens is 1. The van der Waals surface area contributed by atoms with Crippen molar-refractivity contribution in [1.29, 1.82) is 0 Å². The van der Waals surface area contributed by atoms with E-state index in [-0.39, 0.29) is 13.0 Å². The molecule has 0 fully saturated rings. The van der Waals surface area contributed by atoms with Gasteiger partial charge in [-0.3, -0.25) is 19.2 Å². The summed E-state index contributed by atoms with van der Waals surface area (Å²) >= 11 is 0. The number of carbonyl (C=O) groups excluding carboxylic acids is 4. The van der Waals surface area contributed by atoms with Crippen LogP contribution in [0.1, 0.15) is 25.8 Å². The van der Waals surface area contributed by atoms with E-state index in [1.807, 2.05) is 0 Å². The van der Waals surface area contributed by atoms with Gasteiger partial charge in [0, 0.05) is 13.3 Å². The molecule has 0 bridgehead atoms. The van der Waals surface area contributed by atoms with Gasteiger partial charge in [-0.1, -0.05) is 12.1 Å². The fraction of sp³-hybridized carbons (Fsp3) is 0.412. The number of nitrogens with two attached hydrogens (primary N) is 1. The highest BCUT2D eigenvalue weighted by Crippen LogP contribution is 2.07. The van der Waals surface area contributed by atoms with Crippen molar-refractivity contribution in [3.05, 3.63) is 35.6 Å². The molecule has 0 saturated heterocycles. The van der Waals surface area contributed by atoms with Crippen molar-refractivity contribution in [2.24, 2.45) is 5.73 Å². The first-order valence-electron chi connectivity index (χ1n) is 7.99. The molecule has 9 heteroatoms. The summed E-state index contributed by atoms with van der Waals surface area (Å²) in [5, 5.41) is 4.79. The highest BCUT2D eigenvalue weighted by Gasteiger charge is 2.27. The van der Waals surface area contributed by atoms with Gasteiger partial charge >= 0.3 is 5.97 Å². The normalized spacial score (nSPS) is 12.6. The van der Waals surface area contributed by atoms with E-state index in [9.17, 15) is 23.6 Å². The number of hydrogen-bond acceptors (Lipinski definition) is 5. The lowest BCUT2D eigenvalue weighted by molar-refractivity contribution is -0.145. The summed E-state index contributed by atoms with van der Waals surface area (Å²) in [6.07, 6.45) is -0.352. The number of primary amides is 1. The summed E-state index contributed by atoms with van der Waals surface area (Å²) in [4.78, 5) is 46.8. The second-order valence-corrected chi connectivity index (χ2v) is 5.56. The predicted molar refractivity (Wildman–Crippen MR) is 90.1 cm³/mol.